The summed E-state index contributed by atoms with van der Waals surface area (Å²) in [5, 5.41) is 8.49. The third-order valence-electron chi connectivity index (χ3n) is 2.61. The number of ether oxygens (including phenoxy) is 1. The summed E-state index contributed by atoms with van der Waals surface area (Å²) in [5.74, 6) is -0.922. The van der Waals surface area contributed by atoms with Crippen molar-refractivity contribution in [2.75, 3.05) is 19.7 Å². The van der Waals surface area contributed by atoms with E-state index in [1.54, 1.807) is 11.0 Å². The maximum atomic E-state index is 11.7. The zero-order valence-corrected chi connectivity index (χ0v) is 10.3. The molecule has 0 aromatic rings. The Hall–Kier alpha value is -1.36. The van der Waals surface area contributed by atoms with E-state index in [2.05, 4.69) is 0 Å². The van der Waals surface area contributed by atoms with E-state index in [0.29, 0.717) is 25.9 Å². The number of carbonyl (C=O) groups excluding carboxylic acids is 1. The fourth-order valence-electron chi connectivity index (χ4n) is 1.77. The molecule has 5 heteroatoms. The van der Waals surface area contributed by atoms with Crippen LogP contribution in [0.5, 0.6) is 0 Å². The van der Waals surface area contributed by atoms with Crippen LogP contribution in [0.25, 0.3) is 0 Å². The number of amides is 1. The molecular weight excluding hydrogens is 222 g/mol. The third kappa shape index (κ3) is 4.99. The highest BCUT2D eigenvalue weighted by Gasteiger charge is 2.22. The molecule has 0 spiro atoms. The SMILES string of the molecule is CC(C)=CC(=O)N1CCC(OCC(=O)O)CC1. The van der Waals surface area contributed by atoms with Crippen molar-refractivity contribution in [3.8, 4) is 0 Å². The van der Waals surface area contributed by atoms with Crippen molar-refractivity contribution < 1.29 is 19.4 Å². The van der Waals surface area contributed by atoms with Crippen molar-refractivity contribution in [2.24, 2.45) is 0 Å². The summed E-state index contributed by atoms with van der Waals surface area (Å²) < 4.78 is 5.20. The molecule has 1 saturated heterocycles. The van der Waals surface area contributed by atoms with Crippen LogP contribution in [0, 0.1) is 0 Å². The molecule has 0 bridgehead atoms. The monoisotopic (exact) mass is 241 g/mol. The van der Waals surface area contributed by atoms with Crippen LogP contribution in [0.15, 0.2) is 11.6 Å². The van der Waals surface area contributed by atoms with Crippen molar-refractivity contribution in [1.29, 1.82) is 0 Å². The molecule has 1 amide bonds. The molecule has 96 valence electrons. The van der Waals surface area contributed by atoms with Gasteiger partial charge in [-0.15, -0.1) is 0 Å². The zero-order chi connectivity index (χ0) is 12.8. The number of allylic oxidation sites excluding steroid dienone is 1. The van der Waals surface area contributed by atoms with Gasteiger partial charge in [0, 0.05) is 19.2 Å². The van der Waals surface area contributed by atoms with Crippen molar-refractivity contribution in [3.05, 3.63) is 11.6 Å². The first-order valence-electron chi connectivity index (χ1n) is 5.76. The van der Waals surface area contributed by atoms with E-state index in [1.165, 1.54) is 0 Å². The van der Waals surface area contributed by atoms with E-state index < -0.39 is 5.97 Å². The van der Waals surface area contributed by atoms with Crippen molar-refractivity contribution >= 4 is 11.9 Å². The number of aliphatic carboxylic acids is 1. The molecule has 0 saturated carbocycles. The highest BCUT2D eigenvalue weighted by molar-refractivity contribution is 5.88. The van der Waals surface area contributed by atoms with Gasteiger partial charge < -0.3 is 14.7 Å². The molecule has 0 aromatic heterocycles. The quantitative estimate of drug-likeness (QED) is 0.747. The number of rotatable bonds is 4. The van der Waals surface area contributed by atoms with Crippen molar-refractivity contribution in [2.45, 2.75) is 32.8 Å². The van der Waals surface area contributed by atoms with Crippen LogP contribution >= 0.6 is 0 Å². The molecule has 1 rings (SSSR count). The molecule has 1 aliphatic heterocycles. The first-order chi connectivity index (χ1) is 7.99. The van der Waals surface area contributed by atoms with E-state index >= 15 is 0 Å². The molecule has 0 unspecified atom stereocenters. The van der Waals surface area contributed by atoms with Gasteiger partial charge in [0.2, 0.25) is 5.91 Å². The fraction of sp³-hybridized carbons (Fsp3) is 0.667. The van der Waals surface area contributed by atoms with Gasteiger partial charge in [0.1, 0.15) is 6.61 Å². The van der Waals surface area contributed by atoms with Gasteiger partial charge in [-0.25, -0.2) is 4.79 Å². The summed E-state index contributed by atoms with van der Waals surface area (Å²) in [7, 11) is 0. The van der Waals surface area contributed by atoms with Crippen LogP contribution in [0.4, 0.5) is 0 Å². The number of nitrogens with zero attached hydrogens (tertiary/aromatic N) is 1. The molecule has 1 N–H and O–H groups in total. The number of piperidine rings is 1. The lowest BCUT2D eigenvalue weighted by atomic mass is 10.1. The Labute approximate surface area is 101 Å². The average molecular weight is 241 g/mol. The van der Waals surface area contributed by atoms with Crippen LogP contribution in [0.1, 0.15) is 26.7 Å². The number of hydrogen-bond donors (Lipinski definition) is 1. The highest BCUT2D eigenvalue weighted by Crippen LogP contribution is 2.14. The molecule has 1 heterocycles. The van der Waals surface area contributed by atoms with E-state index in [9.17, 15) is 9.59 Å². The smallest absolute Gasteiger partial charge is 0.329 e. The molecule has 0 radical (unpaired) electrons. The van der Waals surface area contributed by atoms with E-state index in [1.807, 2.05) is 13.8 Å². The predicted molar refractivity (Wildman–Crippen MR) is 62.6 cm³/mol. The van der Waals surface area contributed by atoms with Gasteiger partial charge in [-0.05, 0) is 26.7 Å². The average Bonchev–Trinajstić information content (AvgIpc) is 2.26. The second-order valence-electron chi connectivity index (χ2n) is 4.45. The van der Waals surface area contributed by atoms with Crippen LogP contribution in [-0.2, 0) is 14.3 Å². The molecular formula is C12H19NO4. The van der Waals surface area contributed by atoms with E-state index in [4.69, 9.17) is 9.84 Å². The Balaban J connectivity index is 2.33. The lowest BCUT2D eigenvalue weighted by Crippen LogP contribution is -2.40. The fourth-order valence-corrected chi connectivity index (χ4v) is 1.77. The van der Waals surface area contributed by atoms with E-state index in [0.717, 1.165) is 5.57 Å². The highest BCUT2D eigenvalue weighted by atomic mass is 16.5. The Morgan fingerprint density at radius 1 is 1.35 bits per heavy atom. The predicted octanol–water partition coefficient (Wildman–Crippen LogP) is 1.04. The topological polar surface area (TPSA) is 66.8 Å². The maximum Gasteiger partial charge on any atom is 0.329 e. The van der Waals surface area contributed by atoms with Crippen LogP contribution in [0.2, 0.25) is 0 Å². The van der Waals surface area contributed by atoms with Gasteiger partial charge in [0.15, 0.2) is 0 Å². The summed E-state index contributed by atoms with van der Waals surface area (Å²) in [6, 6.07) is 0. The summed E-state index contributed by atoms with van der Waals surface area (Å²) in [6.45, 7) is 4.79. The zero-order valence-electron chi connectivity index (χ0n) is 10.3. The Morgan fingerprint density at radius 3 is 2.41 bits per heavy atom. The van der Waals surface area contributed by atoms with Crippen LogP contribution in [0.3, 0.4) is 0 Å². The van der Waals surface area contributed by atoms with Gasteiger partial charge in [-0.2, -0.15) is 0 Å². The number of hydrogen-bond acceptors (Lipinski definition) is 3. The number of carboxylic acids is 1. The molecule has 0 aliphatic carbocycles. The lowest BCUT2D eigenvalue weighted by Gasteiger charge is -2.31. The van der Waals surface area contributed by atoms with Crippen LogP contribution in [-0.4, -0.2) is 47.7 Å². The molecule has 0 atom stereocenters. The first kappa shape index (κ1) is 13.7. The lowest BCUT2D eigenvalue weighted by molar-refractivity contribution is -0.146. The van der Waals surface area contributed by atoms with E-state index in [-0.39, 0.29) is 18.6 Å². The summed E-state index contributed by atoms with van der Waals surface area (Å²) in [6.07, 6.45) is 2.99. The Kier molecular flexibility index (Phi) is 5.15. The first-order valence-corrected chi connectivity index (χ1v) is 5.76. The van der Waals surface area contributed by atoms with Gasteiger partial charge in [0.05, 0.1) is 6.10 Å². The Morgan fingerprint density at radius 2 is 1.94 bits per heavy atom. The molecule has 5 nitrogen and oxygen atoms in total. The largest absolute Gasteiger partial charge is 0.480 e. The van der Waals surface area contributed by atoms with Gasteiger partial charge in [0.25, 0.3) is 0 Å². The minimum atomic E-state index is -0.951. The standard InChI is InChI=1S/C12H19NO4/c1-9(2)7-11(14)13-5-3-10(4-6-13)17-8-12(15)16/h7,10H,3-6,8H2,1-2H3,(H,15,16). The normalized spacial score (nSPS) is 16.7. The Bertz CT molecular complexity index is 312. The van der Waals surface area contributed by atoms with Crippen molar-refractivity contribution in [3.63, 3.8) is 0 Å². The minimum absolute atomic E-state index is 0.0293. The third-order valence-corrected chi connectivity index (χ3v) is 2.61. The second-order valence-corrected chi connectivity index (χ2v) is 4.45. The van der Waals surface area contributed by atoms with Gasteiger partial charge >= 0.3 is 5.97 Å². The van der Waals surface area contributed by atoms with Crippen LogP contribution < -0.4 is 0 Å². The number of carbonyl (C=O) groups is 2. The number of carboxylic acid groups (broad SMARTS) is 1. The molecule has 1 fully saturated rings. The minimum Gasteiger partial charge on any atom is -0.480 e. The summed E-state index contributed by atoms with van der Waals surface area (Å²) in [5.41, 5.74) is 0.985. The summed E-state index contributed by atoms with van der Waals surface area (Å²) in [4.78, 5) is 23.8. The molecule has 0 aromatic carbocycles. The van der Waals surface area contributed by atoms with Crippen molar-refractivity contribution in [1.82, 2.24) is 4.90 Å². The molecule has 17 heavy (non-hydrogen) atoms. The maximum absolute atomic E-state index is 11.7. The molecule has 1 aliphatic rings. The number of likely N-dealkylation sites (tertiary alicyclic amines) is 1. The second kappa shape index (κ2) is 6.39. The van der Waals surface area contributed by atoms with Gasteiger partial charge in [-0.1, -0.05) is 5.57 Å². The van der Waals surface area contributed by atoms with Gasteiger partial charge in [-0.3, -0.25) is 4.79 Å². The summed E-state index contributed by atoms with van der Waals surface area (Å²) >= 11 is 0.